The minimum Gasteiger partial charge on any atom is -0.482 e. The lowest BCUT2D eigenvalue weighted by molar-refractivity contribution is -0.153. The van der Waals surface area contributed by atoms with E-state index in [1.807, 2.05) is 18.7 Å². The van der Waals surface area contributed by atoms with Gasteiger partial charge in [-0.25, -0.2) is 0 Å². The largest absolute Gasteiger partial charge is 0.482 e. The summed E-state index contributed by atoms with van der Waals surface area (Å²) in [5.41, 5.74) is 0.382. The van der Waals surface area contributed by atoms with Crippen molar-refractivity contribution in [2.75, 3.05) is 18.5 Å². The van der Waals surface area contributed by atoms with E-state index in [0.29, 0.717) is 5.69 Å². The van der Waals surface area contributed by atoms with Crippen LogP contribution in [0.15, 0.2) is 24.3 Å². The predicted octanol–water partition coefficient (Wildman–Crippen LogP) is 3.83. The molecule has 1 aliphatic rings. The Balaban J connectivity index is 1.97. The van der Waals surface area contributed by atoms with Gasteiger partial charge in [0, 0.05) is 12.1 Å². The molecule has 0 aliphatic carbocycles. The highest BCUT2D eigenvalue weighted by Crippen LogP contribution is 2.27. The number of amides is 1. The van der Waals surface area contributed by atoms with Crippen molar-refractivity contribution >= 4 is 11.6 Å². The second-order valence-electron chi connectivity index (χ2n) is 6.18. The van der Waals surface area contributed by atoms with Crippen LogP contribution in [0.3, 0.4) is 0 Å². The lowest BCUT2D eigenvalue weighted by Gasteiger charge is -2.39. The second-order valence-corrected chi connectivity index (χ2v) is 6.18. The molecule has 24 heavy (non-hydrogen) atoms. The van der Waals surface area contributed by atoms with Gasteiger partial charge < -0.3 is 15.0 Å². The summed E-state index contributed by atoms with van der Waals surface area (Å²) >= 11 is 0. The second kappa shape index (κ2) is 7.77. The van der Waals surface area contributed by atoms with E-state index >= 15 is 0 Å². The van der Waals surface area contributed by atoms with Gasteiger partial charge in [-0.3, -0.25) is 4.79 Å². The summed E-state index contributed by atoms with van der Waals surface area (Å²) in [4.78, 5) is 14.3. The zero-order valence-electron chi connectivity index (χ0n) is 13.9. The van der Waals surface area contributed by atoms with Crippen molar-refractivity contribution in [3.05, 3.63) is 24.3 Å². The molecule has 1 N–H and O–H groups in total. The molecule has 1 aromatic carbocycles. The monoisotopic (exact) mass is 344 g/mol. The van der Waals surface area contributed by atoms with Gasteiger partial charge in [0.05, 0.1) is 12.2 Å². The van der Waals surface area contributed by atoms with Crippen LogP contribution in [0.4, 0.5) is 18.9 Å². The summed E-state index contributed by atoms with van der Waals surface area (Å²) in [6.45, 7) is 2.71. The van der Waals surface area contributed by atoms with E-state index in [0.717, 1.165) is 19.3 Å². The number of para-hydroxylation sites is 2. The molecule has 2 atom stereocenters. The van der Waals surface area contributed by atoms with E-state index < -0.39 is 12.8 Å². The molecule has 1 aromatic rings. The number of hydrogen-bond acceptors (Lipinski definition) is 3. The summed E-state index contributed by atoms with van der Waals surface area (Å²) in [7, 11) is 0. The number of piperidine rings is 1. The van der Waals surface area contributed by atoms with Crippen molar-refractivity contribution in [3.63, 3.8) is 0 Å². The average Bonchev–Trinajstić information content (AvgIpc) is 2.50. The fourth-order valence-electron chi connectivity index (χ4n) is 3.07. The standard InChI is InChI=1S/C17H23F3N2O2/c1-12-6-5-7-13(2)22(12)16(23)10-21-14-8-3-4-9-15(14)24-11-17(18,19)20/h3-4,8-9,12-13,21H,5-7,10-11H2,1-2H3/t12-,13-/m0/s1. The molecule has 0 saturated carbocycles. The Hall–Kier alpha value is -1.92. The Morgan fingerprint density at radius 1 is 1.25 bits per heavy atom. The number of halogens is 3. The highest BCUT2D eigenvalue weighted by Gasteiger charge is 2.30. The van der Waals surface area contributed by atoms with Crippen molar-refractivity contribution in [3.8, 4) is 5.75 Å². The molecular formula is C17H23F3N2O2. The molecule has 1 aliphatic heterocycles. The number of ether oxygens (including phenoxy) is 1. The van der Waals surface area contributed by atoms with Crippen LogP contribution in [0, 0.1) is 0 Å². The topological polar surface area (TPSA) is 41.6 Å². The number of likely N-dealkylation sites (tertiary alicyclic amines) is 1. The highest BCUT2D eigenvalue weighted by atomic mass is 19.4. The Bertz CT molecular complexity index is 553. The van der Waals surface area contributed by atoms with Crippen LogP contribution >= 0.6 is 0 Å². The Morgan fingerprint density at radius 2 is 1.88 bits per heavy atom. The van der Waals surface area contributed by atoms with Gasteiger partial charge in [0.1, 0.15) is 5.75 Å². The van der Waals surface area contributed by atoms with E-state index in [1.54, 1.807) is 18.2 Å². The molecular weight excluding hydrogens is 321 g/mol. The summed E-state index contributed by atoms with van der Waals surface area (Å²) in [6, 6.07) is 6.68. The molecule has 2 rings (SSSR count). The first kappa shape index (κ1) is 18.4. The van der Waals surface area contributed by atoms with Gasteiger partial charge in [-0.15, -0.1) is 0 Å². The molecule has 0 unspecified atom stereocenters. The zero-order valence-corrected chi connectivity index (χ0v) is 13.9. The highest BCUT2D eigenvalue weighted by molar-refractivity contribution is 5.82. The van der Waals surface area contributed by atoms with Crippen molar-refractivity contribution < 1.29 is 22.7 Å². The molecule has 1 fully saturated rings. The molecule has 0 aromatic heterocycles. The first-order valence-corrected chi connectivity index (χ1v) is 8.11. The Morgan fingerprint density at radius 3 is 2.50 bits per heavy atom. The lowest BCUT2D eigenvalue weighted by atomic mass is 9.97. The summed E-state index contributed by atoms with van der Waals surface area (Å²) in [6.07, 6.45) is -1.35. The molecule has 0 bridgehead atoms. The number of hydrogen-bond donors (Lipinski definition) is 1. The molecule has 4 nitrogen and oxygen atoms in total. The van der Waals surface area contributed by atoms with Gasteiger partial charge in [-0.05, 0) is 45.2 Å². The summed E-state index contributed by atoms with van der Waals surface area (Å²) in [5, 5.41) is 2.90. The molecule has 1 amide bonds. The van der Waals surface area contributed by atoms with Gasteiger partial charge in [-0.2, -0.15) is 13.2 Å². The van der Waals surface area contributed by atoms with Crippen molar-refractivity contribution in [2.24, 2.45) is 0 Å². The molecule has 1 saturated heterocycles. The quantitative estimate of drug-likeness (QED) is 0.883. The Kier molecular flexibility index (Phi) is 5.96. The minimum absolute atomic E-state index is 0.0288. The predicted molar refractivity (Wildman–Crippen MR) is 86.1 cm³/mol. The summed E-state index contributed by atoms with van der Waals surface area (Å²) in [5.74, 6) is 0.0303. The Labute approximate surface area is 140 Å². The van der Waals surface area contributed by atoms with Crippen LogP contribution in [0.5, 0.6) is 5.75 Å². The number of anilines is 1. The third-order valence-electron chi connectivity index (χ3n) is 4.19. The van der Waals surface area contributed by atoms with Gasteiger partial charge in [0.15, 0.2) is 6.61 Å². The van der Waals surface area contributed by atoms with Crippen molar-refractivity contribution in [1.29, 1.82) is 0 Å². The normalized spacial score (nSPS) is 21.5. The van der Waals surface area contributed by atoms with Gasteiger partial charge in [-0.1, -0.05) is 12.1 Å². The average molecular weight is 344 g/mol. The van der Waals surface area contributed by atoms with Crippen LogP contribution < -0.4 is 10.1 Å². The third kappa shape index (κ3) is 5.04. The van der Waals surface area contributed by atoms with E-state index in [4.69, 9.17) is 4.74 Å². The number of carbonyl (C=O) groups is 1. The van der Waals surface area contributed by atoms with Gasteiger partial charge >= 0.3 is 6.18 Å². The van der Waals surface area contributed by atoms with E-state index in [9.17, 15) is 18.0 Å². The maximum atomic E-state index is 12.5. The van der Waals surface area contributed by atoms with Crippen LogP contribution in [0.25, 0.3) is 0 Å². The van der Waals surface area contributed by atoms with Crippen LogP contribution in [0.1, 0.15) is 33.1 Å². The zero-order chi connectivity index (χ0) is 17.7. The van der Waals surface area contributed by atoms with Crippen LogP contribution in [-0.4, -0.2) is 42.2 Å². The fraction of sp³-hybridized carbons (Fsp3) is 0.588. The van der Waals surface area contributed by atoms with Gasteiger partial charge in [0.2, 0.25) is 5.91 Å². The SMILES string of the molecule is C[C@H]1CCC[C@H](C)N1C(=O)CNc1ccccc1OCC(F)(F)F. The lowest BCUT2D eigenvalue weighted by Crippen LogP contribution is -2.49. The molecule has 0 radical (unpaired) electrons. The maximum Gasteiger partial charge on any atom is 0.422 e. The van der Waals surface area contributed by atoms with Crippen LogP contribution in [0.2, 0.25) is 0 Å². The molecule has 1 heterocycles. The molecule has 0 spiro atoms. The van der Waals surface area contributed by atoms with E-state index in [-0.39, 0.29) is 30.3 Å². The first-order chi connectivity index (χ1) is 11.3. The minimum atomic E-state index is -4.40. The van der Waals surface area contributed by atoms with Gasteiger partial charge in [0.25, 0.3) is 0 Å². The van der Waals surface area contributed by atoms with Crippen molar-refractivity contribution in [1.82, 2.24) is 4.90 Å². The number of rotatable bonds is 5. The number of benzene rings is 1. The number of carbonyl (C=O) groups excluding carboxylic acids is 1. The smallest absolute Gasteiger partial charge is 0.422 e. The maximum absolute atomic E-state index is 12.5. The molecule has 134 valence electrons. The summed E-state index contributed by atoms with van der Waals surface area (Å²) < 4.78 is 41.7. The number of nitrogens with zero attached hydrogens (tertiary/aromatic N) is 1. The number of alkyl halides is 3. The van der Waals surface area contributed by atoms with E-state index in [2.05, 4.69) is 5.32 Å². The van der Waals surface area contributed by atoms with E-state index in [1.165, 1.54) is 6.07 Å². The van der Waals surface area contributed by atoms with Crippen LogP contribution in [-0.2, 0) is 4.79 Å². The fourth-order valence-corrected chi connectivity index (χ4v) is 3.07. The first-order valence-electron chi connectivity index (χ1n) is 8.11. The van der Waals surface area contributed by atoms with Crippen molar-refractivity contribution in [2.45, 2.75) is 51.4 Å². The third-order valence-corrected chi connectivity index (χ3v) is 4.19. The molecule has 7 heteroatoms. The number of nitrogens with one attached hydrogen (secondary N) is 1.